The average molecular weight is 284 g/mol. The smallest absolute Gasteiger partial charge is 0.235 e. The summed E-state index contributed by atoms with van der Waals surface area (Å²) in [6.45, 7) is 4.73. The Labute approximate surface area is 125 Å². The van der Waals surface area contributed by atoms with Gasteiger partial charge in [-0.05, 0) is 23.3 Å². The van der Waals surface area contributed by atoms with Crippen molar-refractivity contribution < 1.29 is 4.92 Å². The molecule has 0 saturated carbocycles. The van der Waals surface area contributed by atoms with Crippen molar-refractivity contribution >= 4 is 11.8 Å². The van der Waals surface area contributed by atoms with Crippen LogP contribution in [0.5, 0.6) is 0 Å². The first kappa shape index (κ1) is 16.4. The molecule has 0 atom stereocenters. The van der Waals surface area contributed by atoms with Crippen molar-refractivity contribution in [3.63, 3.8) is 0 Å². The van der Waals surface area contributed by atoms with E-state index < -0.39 is 4.92 Å². The molecule has 2 aromatic carbocycles. The van der Waals surface area contributed by atoms with Gasteiger partial charge in [0.1, 0.15) is 0 Å². The monoisotopic (exact) mass is 284 g/mol. The maximum atomic E-state index is 10.2. The molecule has 0 spiro atoms. The summed E-state index contributed by atoms with van der Waals surface area (Å²) >= 11 is 0. The Bertz CT molecular complexity index is 563. The summed E-state index contributed by atoms with van der Waals surface area (Å²) in [5.41, 5.74) is 3.02. The van der Waals surface area contributed by atoms with Crippen molar-refractivity contribution in [2.45, 2.75) is 20.4 Å². The standard InChI is InChI=1S/C15H14N2O2.C2H6/c18-17(19)11-10-13-6-8-14(9-7-13)12-16-15-4-2-1-3-5-15;1-2/h1-11,16H,12H2;1-2H3/b11-10+;. The maximum Gasteiger partial charge on any atom is 0.235 e. The fourth-order valence-corrected chi connectivity index (χ4v) is 1.65. The van der Waals surface area contributed by atoms with Gasteiger partial charge in [0.05, 0.1) is 4.92 Å². The molecule has 4 heteroatoms. The molecule has 0 amide bonds. The zero-order valence-corrected chi connectivity index (χ0v) is 12.3. The number of rotatable bonds is 5. The quantitative estimate of drug-likeness (QED) is 0.646. The summed E-state index contributed by atoms with van der Waals surface area (Å²) in [6, 6.07) is 17.6. The zero-order chi connectivity index (χ0) is 15.5. The molecule has 0 radical (unpaired) electrons. The van der Waals surface area contributed by atoms with Gasteiger partial charge in [0.25, 0.3) is 0 Å². The predicted octanol–water partition coefficient (Wildman–Crippen LogP) is 4.57. The van der Waals surface area contributed by atoms with Gasteiger partial charge in [-0.25, -0.2) is 0 Å². The highest BCUT2D eigenvalue weighted by molar-refractivity contribution is 5.49. The van der Waals surface area contributed by atoms with Crippen molar-refractivity contribution in [1.82, 2.24) is 0 Å². The summed E-state index contributed by atoms with van der Waals surface area (Å²) in [6.07, 6.45) is 2.42. The van der Waals surface area contributed by atoms with Crippen LogP contribution in [-0.2, 0) is 6.54 Å². The predicted molar refractivity (Wildman–Crippen MR) is 87.6 cm³/mol. The minimum atomic E-state index is -0.467. The third-order valence-corrected chi connectivity index (χ3v) is 2.64. The molecule has 0 bridgehead atoms. The minimum absolute atomic E-state index is 0.467. The Hall–Kier alpha value is -2.62. The second-order valence-electron chi connectivity index (χ2n) is 4.06. The lowest BCUT2D eigenvalue weighted by atomic mass is 10.1. The summed E-state index contributed by atoms with van der Waals surface area (Å²) < 4.78 is 0. The SMILES string of the molecule is CC.O=[N+]([O-])/C=C/c1ccc(CNc2ccccc2)cc1. The third-order valence-electron chi connectivity index (χ3n) is 2.64. The lowest BCUT2D eigenvalue weighted by Crippen LogP contribution is -1.98. The Morgan fingerprint density at radius 3 is 2.24 bits per heavy atom. The normalized spacial score (nSPS) is 9.81. The van der Waals surface area contributed by atoms with Crippen LogP contribution >= 0.6 is 0 Å². The van der Waals surface area contributed by atoms with E-state index in [4.69, 9.17) is 0 Å². The molecular weight excluding hydrogens is 264 g/mol. The van der Waals surface area contributed by atoms with Crippen LogP contribution in [0.3, 0.4) is 0 Å². The number of benzene rings is 2. The van der Waals surface area contributed by atoms with Crippen molar-refractivity contribution in [1.29, 1.82) is 0 Å². The summed E-state index contributed by atoms with van der Waals surface area (Å²) in [4.78, 5) is 9.74. The first-order valence-electron chi connectivity index (χ1n) is 6.93. The van der Waals surface area contributed by atoms with E-state index in [1.54, 1.807) is 0 Å². The van der Waals surface area contributed by atoms with E-state index in [-0.39, 0.29) is 0 Å². The lowest BCUT2D eigenvalue weighted by molar-refractivity contribution is -0.400. The summed E-state index contributed by atoms with van der Waals surface area (Å²) in [7, 11) is 0. The van der Waals surface area contributed by atoms with Crippen molar-refractivity contribution in [3.05, 3.63) is 82.0 Å². The highest BCUT2D eigenvalue weighted by atomic mass is 16.6. The third kappa shape index (κ3) is 6.38. The first-order valence-corrected chi connectivity index (χ1v) is 6.93. The molecular formula is C17H20N2O2. The van der Waals surface area contributed by atoms with E-state index in [1.807, 2.05) is 68.4 Å². The molecule has 0 fully saturated rings. The van der Waals surface area contributed by atoms with Gasteiger partial charge in [-0.1, -0.05) is 56.3 Å². The molecule has 2 rings (SSSR count). The summed E-state index contributed by atoms with van der Waals surface area (Å²) in [5.74, 6) is 0. The fourth-order valence-electron chi connectivity index (χ4n) is 1.65. The molecule has 0 aliphatic carbocycles. The van der Waals surface area contributed by atoms with Gasteiger partial charge in [-0.15, -0.1) is 0 Å². The highest BCUT2D eigenvalue weighted by Gasteiger charge is 1.95. The van der Waals surface area contributed by atoms with Crippen LogP contribution in [0.15, 0.2) is 60.8 Å². The van der Waals surface area contributed by atoms with Gasteiger partial charge < -0.3 is 5.32 Å². The Kier molecular flexibility index (Phi) is 7.29. The van der Waals surface area contributed by atoms with Crippen LogP contribution in [0.25, 0.3) is 6.08 Å². The van der Waals surface area contributed by atoms with Crippen molar-refractivity contribution in [2.24, 2.45) is 0 Å². The maximum absolute atomic E-state index is 10.2. The Balaban J connectivity index is 0.00000106. The first-order chi connectivity index (χ1) is 10.2. The van der Waals surface area contributed by atoms with Crippen LogP contribution in [0, 0.1) is 10.1 Å². The van der Waals surface area contributed by atoms with Crippen LogP contribution < -0.4 is 5.32 Å². The number of hydrogen-bond acceptors (Lipinski definition) is 3. The molecule has 21 heavy (non-hydrogen) atoms. The topological polar surface area (TPSA) is 55.2 Å². The van der Waals surface area contributed by atoms with Gasteiger partial charge in [0, 0.05) is 18.3 Å². The number of nitrogens with one attached hydrogen (secondary N) is 1. The molecule has 0 aliphatic heterocycles. The van der Waals surface area contributed by atoms with Gasteiger partial charge in [-0.2, -0.15) is 0 Å². The van der Waals surface area contributed by atoms with Gasteiger partial charge >= 0.3 is 0 Å². The fraction of sp³-hybridized carbons (Fsp3) is 0.176. The van der Waals surface area contributed by atoms with Crippen LogP contribution in [0.1, 0.15) is 25.0 Å². The molecule has 0 saturated heterocycles. The van der Waals surface area contributed by atoms with Gasteiger partial charge in [0.15, 0.2) is 0 Å². The second kappa shape index (κ2) is 9.31. The second-order valence-corrected chi connectivity index (χ2v) is 4.06. The highest BCUT2D eigenvalue weighted by Crippen LogP contribution is 2.10. The zero-order valence-electron chi connectivity index (χ0n) is 12.3. The molecule has 0 aromatic heterocycles. The molecule has 0 unspecified atom stereocenters. The lowest BCUT2D eigenvalue weighted by Gasteiger charge is -2.06. The number of anilines is 1. The number of para-hydroxylation sites is 1. The van der Waals surface area contributed by atoms with Crippen molar-refractivity contribution in [2.75, 3.05) is 5.32 Å². The number of nitro groups is 1. The summed E-state index contributed by atoms with van der Waals surface area (Å²) in [5, 5.41) is 13.5. The minimum Gasteiger partial charge on any atom is -0.381 e. The molecule has 1 N–H and O–H groups in total. The largest absolute Gasteiger partial charge is 0.381 e. The Morgan fingerprint density at radius 1 is 1.05 bits per heavy atom. The van der Waals surface area contributed by atoms with Crippen molar-refractivity contribution in [3.8, 4) is 0 Å². The molecule has 110 valence electrons. The number of nitrogens with zero attached hydrogens (tertiary/aromatic N) is 1. The van der Waals surface area contributed by atoms with Crippen LogP contribution in [0.2, 0.25) is 0 Å². The Morgan fingerprint density at radius 2 is 1.67 bits per heavy atom. The van der Waals surface area contributed by atoms with E-state index in [2.05, 4.69) is 5.32 Å². The molecule has 4 nitrogen and oxygen atoms in total. The van der Waals surface area contributed by atoms with Crippen LogP contribution in [-0.4, -0.2) is 4.92 Å². The van der Waals surface area contributed by atoms with E-state index in [9.17, 15) is 10.1 Å². The average Bonchev–Trinajstić information content (AvgIpc) is 2.55. The molecule has 0 heterocycles. The van der Waals surface area contributed by atoms with E-state index in [0.29, 0.717) is 0 Å². The van der Waals surface area contributed by atoms with E-state index >= 15 is 0 Å². The van der Waals surface area contributed by atoms with E-state index in [0.717, 1.165) is 29.6 Å². The molecule has 2 aromatic rings. The van der Waals surface area contributed by atoms with Gasteiger partial charge in [0.2, 0.25) is 6.20 Å². The van der Waals surface area contributed by atoms with Crippen LogP contribution in [0.4, 0.5) is 5.69 Å². The van der Waals surface area contributed by atoms with Gasteiger partial charge in [-0.3, -0.25) is 10.1 Å². The molecule has 0 aliphatic rings. The number of hydrogen-bond donors (Lipinski definition) is 1. The van der Waals surface area contributed by atoms with E-state index in [1.165, 1.54) is 6.08 Å².